The van der Waals surface area contributed by atoms with Gasteiger partial charge >= 0.3 is 12.1 Å². The fraction of sp³-hybridized carbons (Fsp3) is 0.200. The third kappa shape index (κ3) is 4.97. The van der Waals surface area contributed by atoms with Gasteiger partial charge in [-0.15, -0.1) is 0 Å². The summed E-state index contributed by atoms with van der Waals surface area (Å²) >= 11 is 0. The van der Waals surface area contributed by atoms with Crippen molar-refractivity contribution in [3.05, 3.63) is 54.1 Å². The lowest BCUT2D eigenvalue weighted by molar-refractivity contribution is -0.134. The summed E-state index contributed by atoms with van der Waals surface area (Å²) in [5.74, 6) is -0.128. The molecule has 106 valence electrons. The molecule has 5 heteroatoms. The number of carbonyl (C=O) groups is 2. The van der Waals surface area contributed by atoms with Crippen LogP contribution in [0.15, 0.2) is 48.6 Å². The van der Waals surface area contributed by atoms with E-state index in [1.165, 1.54) is 30.2 Å². The van der Waals surface area contributed by atoms with Gasteiger partial charge in [-0.3, -0.25) is 0 Å². The summed E-state index contributed by atoms with van der Waals surface area (Å²) in [6.45, 7) is 0. The highest BCUT2D eigenvalue weighted by atomic mass is 16.6. The lowest BCUT2D eigenvalue weighted by atomic mass is 10.2. The van der Waals surface area contributed by atoms with E-state index < -0.39 is 12.1 Å². The summed E-state index contributed by atoms with van der Waals surface area (Å²) < 4.78 is 9.74. The molecule has 0 aliphatic rings. The summed E-state index contributed by atoms with van der Waals surface area (Å²) in [7, 11) is 4.48. The molecule has 0 spiro atoms. The van der Waals surface area contributed by atoms with Gasteiger partial charge in [-0.2, -0.15) is 0 Å². The number of rotatable bonds is 4. The quantitative estimate of drug-likeness (QED) is 0.366. The minimum Gasteiger partial charge on any atom is -0.466 e. The molecule has 1 aromatic carbocycles. The van der Waals surface area contributed by atoms with Crippen LogP contribution < -0.4 is 0 Å². The molecule has 0 saturated heterocycles. The highest BCUT2D eigenvalue weighted by Crippen LogP contribution is 2.16. The first kappa shape index (κ1) is 15.5. The second-order valence-electron chi connectivity index (χ2n) is 4.04. The van der Waals surface area contributed by atoms with Gasteiger partial charge in [-0.1, -0.05) is 36.4 Å². The molecule has 0 saturated carbocycles. The molecular formula is C15H17NO4. The molecule has 20 heavy (non-hydrogen) atoms. The van der Waals surface area contributed by atoms with E-state index in [9.17, 15) is 9.59 Å². The van der Waals surface area contributed by atoms with Gasteiger partial charge in [-0.05, 0) is 6.08 Å². The van der Waals surface area contributed by atoms with Crippen LogP contribution in [-0.2, 0) is 14.3 Å². The van der Waals surface area contributed by atoms with E-state index in [1.807, 2.05) is 18.2 Å². The Morgan fingerprint density at radius 3 is 2.35 bits per heavy atom. The van der Waals surface area contributed by atoms with Crippen LogP contribution in [0.5, 0.6) is 0 Å². The molecule has 5 nitrogen and oxygen atoms in total. The molecule has 1 amide bonds. The van der Waals surface area contributed by atoms with Crippen LogP contribution in [0.4, 0.5) is 4.79 Å². The van der Waals surface area contributed by atoms with Gasteiger partial charge in [0.1, 0.15) is 5.76 Å². The van der Waals surface area contributed by atoms with Crippen molar-refractivity contribution in [2.75, 3.05) is 21.2 Å². The van der Waals surface area contributed by atoms with Crippen molar-refractivity contribution in [1.82, 2.24) is 4.90 Å². The monoisotopic (exact) mass is 275 g/mol. The highest BCUT2D eigenvalue weighted by Gasteiger charge is 2.10. The maximum Gasteiger partial charge on any atom is 0.414 e. The molecule has 0 bridgehead atoms. The Hall–Kier alpha value is -2.56. The van der Waals surface area contributed by atoms with Crippen LogP contribution in [0.25, 0.3) is 5.76 Å². The van der Waals surface area contributed by atoms with E-state index in [4.69, 9.17) is 4.74 Å². The second-order valence-corrected chi connectivity index (χ2v) is 4.04. The number of esters is 1. The summed E-state index contributed by atoms with van der Waals surface area (Å²) in [6, 6.07) is 9.13. The topological polar surface area (TPSA) is 55.8 Å². The van der Waals surface area contributed by atoms with Crippen LogP contribution in [0.3, 0.4) is 0 Å². The number of hydrogen-bond acceptors (Lipinski definition) is 4. The number of allylic oxidation sites excluding steroid dienone is 2. The number of amides is 1. The van der Waals surface area contributed by atoms with Gasteiger partial charge in [-0.25, -0.2) is 9.59 Å². The first-order valence-electron chi connectivity index (χ1n) is 5.95. The minimum absolute atomic E-state index is 0.351. The van der Waals surface area contributed by atoms with Gasteiger partial charge < -0.3 is 14.4 Å². The summed E-state index contributed by atoms with van der Waals surface area (Å²) in [5.41, 5.74) is 0.734. The highest BCUT2D eigenvalue weighted by molar-refractivity contribution is 5.83. The lowest BCUT2D eigenvalue weighted by Crippen LogP contribution is -2.22. The lowest BCUT2D eigenvalue weighted by Gasteiger charge is -2.13. The SMILES string of the molecule is COC(=O)/C=C/C=C(\OC(=O)N(C)C)c1ccccc1. The predicted octanol–water partition coefficient (Wildman–Crippen LogP) is 2.45. The third-order valence-electron chi connectivity index (χ3n) is 2.30. The summed E-state index contributed by atoms with van der Waals surface area (Å²) in [4.78, 5) is 24.0. The second kappa shape index (κ2) is 7.78. The van der Waals surface area contributed by atoms with Crippen molar-refractivity contribution in [3.8, 4) is 0 Å². The van der Waals surface area contributed by atoms with Crippen molar-refractivity contribution in [1.29, 1.82) is 0 Å². The molecule has 0 unspecified atom stereocenters. The maximum absolute atomic E-state index is 11.6. The normalized spacial score (nSPS) is 11.2. The Morgan fingerprint density at radius 1 is 1.15 bits per heavy atom. The molecule has 0 fully saturated rings. The number of benzene rings is 1. The van der Waals surface area contributed by atoms with E-state index in [1.54, 1.807) is 26.2 Å². The van der Waals surface area contributed by atoms with Gasteiger partial charge in [0.2, 0.25) is 0 Å². The average Bonchev–Trinajstić information content (AvgIpc) is 2.46. The van der Waals surface area contributed by atoms with Crippen molar-refractivity contribution >= 4 is 17.8 Å². The zero-order valence-corrected chi connectivity index (χ0v) is 11.7. The first-order chi connectivity index (χ1) is 9.54. The molecular weight excluding hydrogens is 258 g/mol. The van der Waals surface area contributed by atoms with Gasteiger partial charge in [0.25, 0.3) is 0 Å². The number of methoxy groups -OCH3 is 1. The molecule has 0 atom stereocenters. The average molecular weight is 275 g/mol. The molecule has 0 aliphatic heterocycles. The number of ether oxygens (including phenoxy) is 2. The summed E-state index contributed by atoms with van der Waals surface area (Å²) in [5, 5.41) is 0. The van der Waals surface area contributed by atoms with E-state index in [2.05, 4.69) is 4.74 Å². The zero-order chi connectivity index (χ0) is 15.0. The molecule has 0 N–H and O–H groups in total. The molecule has 0 aromatic heterocycles. The third-order valence-corrected chi connectivity index (χ3v) is 2.30. The Kier molecular flexibility index (Phi) is 6.03. The van der Waals surface area contributed by atoms with Crippen LogP contribution in [0.1, 0.15) is 5.56 Å². The van der Waals surface area contributed by atoms with Gasteiger partial charge in [0.05, 0.1) is 7.11 Å². The van der Waals surface area contributed by atoms with E-state index >= 15 is 0 Å². The Bertz CT molecular complexity index is 518. The fourth-order valence-corrected chi connectivity index (χ4v) is 1.26. The van der Waals surface area contributed by atoms with Crippen LogP contribution >= 0.6 is 0 Å². The van der Waals surface area contributed by atoms with E-state index in [0.717, 1.165) is 5.56 Å². The van der Waals surface area contributed by atoms with Gasteiger partial charge in [0.15, 0.2) is 0 Å². The van der Waals surface area contributed by atoms with Crippen LogP contribution in [0.2, 0.25) is 0 Å². The Labute approximate surface area is 118 Å². The van der Waals surface area contributed by atoms with Crippen molar-refractivity contribution in [2.45, 2.75) is 0 Å². The first-order valence-corrected chi connectivity index (χ1v) is 5.95. The van der Waals surface area contributed by atoms with Crippen LogP contribution in [0, 0.1) is 0 Å². The maximum atomic E-state index is 11.6. The van der Waals surface area contributed by atoms with Crippen LogP contribution in [-0.4, -0.2) is 38.2 Å². The van der Waals surface area contributed by atoms with Crippen molar-refractivity contribution in [3.63, 3.8) is 0 Å². The largest absolute Gasteiger partial charge is 0.466 e. The smallest absolute Gasteiger partial charge is 0.414 e. The number of carbonyl (C=O) groups excluding carboxylic acids is 2. The van der Waals surface area contributed by atoms with E-state index in [0.29, 0.717) is 5.76 Å². The number of nitrogens with zero attached hydrogens (tertiary/aromatic N) is 1. The van der Waals surface area contributed by atoms with Gasteiger partial charge in [0, 0.05) is 25.7 Å². The Morgan fingerprint density at radius 2 is 1.80 bits per heavy atom. The minimum atomic E-state index is -0.494. The van der Waals surface area contributed by atoms with E-state index in [-0.39, 0.29) is 0 Å². The zero-order valence-electron chi connectivity index (χ0n) is 11.7. The van der Waals surface area contributed by atoms with Crippen molar-refractivity contribution in [2.24, 2.45) is 0 Å². The van der Waals surface area contributed by atoms with Crippen molar-refractivity contribution < 1.29 is 19.1 Å². The molecule has 0 heterocycles. The fourth-order valence-electron chi connectivity index (χ4n) is 1.26. The molecule has 1 rings (SSSR count). The molecule has 1 aromatic rings. The standard InChI is InChI=1S/C15H17NO4/c1-16(2)15(18)20-13(10-7-11-14(17)19-3)12-8-5-4-6-9-12/h4-11H,1-3H3/b11-7+,13-10-. The molecule has 0 radical (unpaired) electrons. The predicted molar refractivity (Wildman–Crippen MR) is 75.7 cm³/mol. The number of hydrogen-bond donors (Lipinski definition) is 0. The molecule has 0 aliphatic carbocycles. The Balaban J connectivity index is 2.96. The summed E-state index contributed by atoms with van der Waals surface area (Å²) in [6.07, 6.45) is 3.75.